The first-order chi connectivity index (χ1) is 10.2. The first kappa shape index (κ1) is 14.3. The fourth-order valence-corrected chi connectivity index (χ4v) is 3.17. The number of pyridine rings is 1. The molecule has 0 aliphatic carbocycles. The van der Waals surface area contributed by atoms with Crippen LogP contribution in [0.3, 0.4) is 0 Å². The number of likely N-dealkylation sites (tertiary alicyclic amines) is 1. The van der Waals surface area contributed by atoms with Crippen molar-refractivity contribution in [3.63, 3.8) is 0 Å². The Labute approximate surface area is 125 Å². The van der Waals surface area contributed by atoms with Crippen LogP contribution in [-0.2, 0) is 6.54 Å². The number of nitrogens with zero attached hydrogens (tertiary/aromatic N) is 1. The topological polar surface area (TPSA) is 48.1 Å². The highest BCUT2D eigenvalue weighted by molar-refractivity contribution is 5.78. The van der Waals surface area contributed by atoms with Crippen LogP contribution in [0.2, 0.25) is 0 Å². The van der Waals surface area contributed by atoms with Crippen LogP contribution in [0.5, 0.6) is 0 Å². The van der Waals surface area contributed by atoms with Crippen LogP contribution >= 0.6 is 0 Å². The highest BCUT2D eigenvalue weighted by atomic mass is 16.1. The zero-order chi connectivity index (χ0) is 14.7. The highest BCUT2D eigenvalue weighted by Crippen LogP contribution is 2.14. The second-order valence-electron chi connectivity index (χ2n) is 6.11. The van der Waals surface area contributed by atoms with E-state index >= 15 is 0 Å². The summed E-state index contributed by atoms with van der Waals surface area (Å²) in [6.07, 6.45) is 2.56. The Hall–Kier alpha value is -1.65. The molecule has 4 nitrogen and oxygen atoms in total. The second-order valence-corrected chi connectivity index (χ2v) is 6.11. The monoisotopic (exact) mass is 285 g/mol. The smallest absolute Gasteiger partial charge is 0.252 e. The van der Waals surface area contributed by atoms with Crippen molar-refractivity contribution in [3.05, 3.63) is 46.2 Å². The molecule has 0 saturated carbocycles. The third-order valence-electron chi connectivity index (χ3n) is 4.30. The number of hydrogen-bond acceptors (Lipinski definition) is 3. The number of nitrogens with one attached hydrogen (secondary N) is 2. The van der Waals surface area contributed by atoms with Crippen LogP contribution in [0.4, 0.5) is 0 Å². The summed E-state index contributed by atoms with van der Waals surface area (Å²) in [6.45, 7) is 3.99. The molecule has 1 aliphatic rings. The van der Waals surface area contributed by atoms with Crippen molar-refractivity contribution in [2.75, 3.05) is 26.7 Å². The van der Waals surface area contributed by atoms with Crippen molar-refractivity contribution in [1.29, 1.82) is 0 Å². The average Bonchev–Trinajstić information content (AvgIpc) is 2.48. The summed E-state index contributed by atoms with van der Waals surface area (Å²) in [5.74, 6) is 0.697. The summed E-state index contributed by atoms with van der Waals surface area (Å²) >= 11 is 0. The Balaban J connectivity index is 1.62. The Morgan fingerprint density at radius 3 is 3.10 bits per heavy atom. The minimum Gasteiger partial charge on any atom is -0.322 e. The molecule has 1 aliphatic heterocycles. The minimum absolute atomic E-state index is 0.0157. The summed E-state index contributed by atoms with van der Waals surface area (Å²) in [6, 6.07) is 9.90. The Morgan fingerprint density at radius 1 is 1.38 bits per heavy atom. The first-order valence-corrected chi connectivity index (χ1v) is 7.72. The van der Waals surface area contributed by atoms with Gasteiger partial charge in [0.25, 0.3) is 5.56 Å². The van der Waals surface area contributed by atoms with Gasteiger partial charge >= 0.3 is 0 Å². The van der Waals surface area contributed by atoms with Crippen molar-refractivity contribution < 1.29 is 0 Å². The van der Waals surface area contributed by atoms with Gasteiger partial charge in [0.05, 0.1) is 0 Å². The largest absolute Gasteiger partial charge is 0.322 e. The van der Waals surface area contributed by atoms with Gasteiger partial charge in [-0.25, -0.2) is 0 Å². The summed E-state index contributed by atoms with van der Waals surface area (Å²) in [7, 11) is 2.18. The Kier molecular flexibility index (Phi) is 4.36. The molecule has 1 fully saturated rings. The molecular formula is C17H23N3O. The van der Waals surface area contributed by atoms with Crippen molar-refractivity contribution in [2.24, 2.45) is 5.92 Å². The van der Waals surface area contributed by atoms with Crippen LogP contribution in [0, 0.1) is 5.92 Å². The molecule has 21 heavy (non-hydrogen) atoms. The van der Waals surface area contributed by atoms with Crippen LogP contribution < -0.4 is 10.9 Å². The van der Waals surface area contributed by atoms with E-state index < -0.39 is 0 Å². The molecule has 4 heteroatoms. The zero-order valence-corrected chi connectivity index (χ0v) is 12.6. The van der Waals surface area contributed by atoms with E-state index in [2.05, 4.69) is 22.2 Å². The molecule has 1 unspecified atom stereocenters. The first-order valence-electron chi connectivity index (χ1n) is 7.72. The van der Waals surface area contributed by atoms with E-state index in [1.807, 2.05) is 30.3 Å². The predicted octanol–water partition coefficient (Wildman–Crippen LogP) is 1.96. The molecule has 1 atom stereocenters. The highest BCUT2D eigenvalue weighted by Gasteiger charge is 2.16. The Bertz CT molecular complexity index is 664. The number of rotatable bonds is 4. The average molecular weight is 285 g/mol. The second kappa shape index (κ2) is 6.41. The lowest BCUT2D eigenvalue weighted by Gasteiger charge is -2.29. The molecular weight excluding hydrogens is 262 g/mol. The molecule has 0 spiro atoms. The van der Waals surface area contributed by atoms with Crippen LogP contribution in [-0.4, -0.2) is 36.6 Å². The van der Waals surface area contributed by atoms with E-state index in [-0.39, 0.29) is 5.56 Å². The molecule has 2 aromatic rings. The molecule has 112 valence electrons. The van der Waals surface area contributed by atoms with Gasteiger partial charge in [-0.2, -0.15) is 0 Å². The van der Waals surface area contributed by atoms with Crippen molar-refractivity contribution in [2.45, 2.75) is 19.4 Å². The maximum atomic E-state index is 12.1. The summed E-state index contributed by atoms with van der Waals surface area (Å²) in [5.41, 5.74) is 1.74. The minimum atomic E-state index is 0.0157. The molecule has 1 saturated heterocycles. The lowest BCUT2D eigenvalue weighted by Crippen LogP contribution is -2.37. The van der Waals surface area contributed by atoms with E-state index in [0.717, 1.165) is 29.6 Å². The van der Waals surface area contributed by atoms with Gasteiger partial charge in [-0.3, -0.25) is 4.79 Å². The van der Waals surface area contributed by atoms with Crippen molar-refractivity contribution in [1.82, 2.24) is 15.2 Å². The molecule has 0 radical (unpaired) electrons. The van der Waals surface area contributed by atoms with E-state index in [9.17, 15) is 4.79 Å². The van der Waals surface area contributed by atoms with Gasteiger partial charge in [-0.15, -0.1) is 0 Å². The molecule has 0 bridgehead atoms. The van der Waals surface area contributed by atoms with E-state index in [1.165, 1.54) is 19.4 Å². The standard InChI is InChI=1S/C17H23N3O/c1-20-8-4-5-13(12-20)10-18-11-15-9-14-6-2-3-7-16(14)19-17(15)21/h2-3,6-7,9,13,18H,4-5,8,10-12H2,1H3,(H,19,21). The number of hydrogen-bond donors (Lipinski definition) is 2. The molecule has 3 rings (SSSR count). The van der Waals surface area contributed by atoms with Crippen molar-refractivity contribution >= 4 is 10.9 Å². The molecule has 1 aromatic heterocycles. The quantitative estimate of drug-likeness (QED) is 0.903. The molecule has 2 N–H and O–H groups in total. The van der Waals surface area contributed by atoms with Gasteiger partial charge in [0.15, 0.2) is 0 Å². The van der Waals surface area contributed by atoms with Gasteiger partial charge < -0.3 is 15.2 Å². The number of benzene rings is 1. The van der Waals surface area contributed by atoms with Gasteiger partial charge in [0, 0.05) is 24.2 Å². The SMILES string of the molecule is CN1CCCC(CNCc2cc3ccccc3[nH]c2=O)C1. The molecule has 1 aromatic carbocycles. The van der Waals surface area contributed by atoms with Crippen molar-refractivity contribution in [3.8, 4) is 0 Å². The maximum Gasteiger partial charge on any atom is 0.252 e. The van der Waals surface area contributed by atoms with E-state index in [4.69, 9.17) is 0 Å². The van der Waals surface area contributed by atoms with Gasteiger partial charge in [-0.05, 0) is 56.4 Å². The van der Waals surface area contributed by atoms with E-state index in [0.29, 0.717) is 12.5 Å². The van der Waals surface area contributed by atoms with Crippen LogP contribution in [0.15, 0.2) is 35.1 Å². The lowest BCUT2D eigenvalue weighted by atomic mass is 9.98. The lowest BCUT2D eigenvalue weighted by molar-refractivity contribution is 0.206. The number of piperidine rings is 1. The summed E-state index contributed by atoms with van der Waals surface area (Å²) < 4.78 is 0. The third kappa shape index (κ3) is 3.52. The third-order valence-corrected chi connectivity index (χ3v) is 4.30. The van der Waals surface area contributed by atoms with Crippen LogP contribution in [0.25, 0.3) is 10.9 Å². The fraction of sp³-hybridized carbons (Fsp3) is 0.471. The Morgan fingerprint density at radius 2 is 2.24 bits per heavy atom. The number of aromatic amines is 1. The number of H-pyrrole nitrogens is 1. The van der Waals surface area contributed by atoms with E-state index in [1.54, 1.807) is 0 Å². The number of aromatic nitrogens is 1. The van der Waals surface area contributed by atoms with Crippen LogP contribution in [0.1, 0.15) is 18.4 Å². The maximum absolute atomic E-state index is 12.1. The summed E-state index contributed by atoms with van der Waals surface area (Å²) in [5, 5.41) is 4.54. The molecule has 2 heterocycles. The molecule has 0 amide bonds. The van der Waals surface area contributed by atoms with Gasteiger partial charge in [-0.1, -0.05) is 18.2 Å². The van der Waals surface area contributed by atoms with Gasteiger partial charge in [0.1, 0.15) is 0 Å². The normalized spacial score (nSPS) is 20.0. The fourth-order valence-electron chi connectivity index (χ4n) is 3.17. The number of fused-ring (bicyclic) bond motifs is 1. The number of para-hydroxylation sites is 1. The van der Waals surface area contributed by atoms with Gasteiger partial charge in [0.2, 0.25) is 0 Å². The summed E-state index contributed by atoms with van der Waals surface area (Å²) in [4.78, 5) is 17.4. The predicted molar refractivity (Wildman–Crippen MR) is 86.5 cm³/mol. The zero-order valence-electron chi connectivity index (χ0n) is 12.6.